The molecule has 0 spiro atoms. The van der Waals surface area contributed by atoms with Crippen LogP contribution in [0, 0.1) is 6.92 Å². The molecule has 32 heavy (non-hydrogen) atoms. The molecule has 2 saturated heterocycles. The van der Waals surface area contributed by atoms with Crippen LogP contribution in [0.4, 0.5) is 0 Å². The van der Waals surface area contributed by atoms with Crippen molar-refractivity contribution < 1.29 is 23.5 Å². The Balaban J connectivity index is 1.34. The van der Waals surface area contributed by atoms with E-state index in [-0.39, 0.29) is 18.4 Å². The molecule has 2 aromatic rings. The Morgan fingerprint density at radius 2 is 1.91 bits per heavy atom. The van der Waals surface area contributed by atoms with Crippen LogP contribution in [0.2, 0.25) is 5.02 Å². The van der Waals surface area contributed by atoms with Gasteiger partial charge in [0, 0.05) is 42.7 Å². The Labute approximate surface area is 195 Å². The van der Waals surface area contributed by atoms with Crippen molar-refractivity contribution >= 4 is 51.3 Å². The molecule has 9 heteroatoms. The van der Waals surface area contributed by atoms with E-state index in [1.54, 1.807) is 19.1 Å². The SMILES string of the molecule is Cc1c(C(=O)N2CC[SH4]C(=O)C2=O)oc2cc(OC3CCN(C4CCC4)CC3)c(Cl)cc12. The second kappa shape index (κ2) is 8.72. The molecule has 1 aromatic carbocycles. The monoisotopic (exact) mass is 480 g/mol. The van der Waals surface area contributed by atoms with E-state index in [0.29, 0.717) is 33.1 Å². The molecule has 0 unspecified atom stereocenters. The summed E-state index contributed by atoms with van der Waals surface area (Å²) in [7, 11) is 0. The number of nitrogens with zero attached hydrogens (tertiary/aromatic N) is 2. The predicted molar refractivity (Wildman–Crippen MR) is 128 cm³/mol. The highest BCUT2D eigenvalue weighted by molar-refractivity contribution is 8.15. The number of hydrogen-bond acceptors (Lipinski definition) is 6. The highest BCUT2D eigenvalue weighted by Crippen LogP contribution is 2.37. The number of furan rings is 1. The van der Waals surface area contributed by atoms with Crippen LogP contribution in [0.25, 0.3) is 11.0 Å². The summed E-state index contributed by atoms with van der Waals surface area (Å²) < 4.78 is 12.1. The summed E-state index contributed by atoms with van der Waals surface area (Å²) in [4.78, 5) is 40.5. The van der Waals surface area contributed by atoms with E-state index < -0.39 is 28.7 Å². The van der Waals surface area contributed by atoms with Crippen LogP contribution >= 0.6 is 23.4 Å². The number of carbonyl (C=O) groups is 3. The molecular formula is C23H29ClN2O5S. The Bertz CT molecular complexity index is 1090. The van der Waals surface area contributed by atoms with Crippen LogP contribution in [0.15, 0.2) is 16.5 Å². The number of aryl methyl sites for hydroxylation is 1. The van der Waals surface area contributed by atoms with Gasteiger partial charge in [-0.15, -0.1) is 0 Å². The zero-order valence-electron chi connectivity index (χ0n) is 18.2. The zero-order valence-corrected chi connectivity index (χ0v) is 20.4. The largest absolute Gasteiger partial charge is 0.489 e. The van der Waals surface area contributed by atoms with Gasteiger partial charge in [0.1, 0.15) is 17.4 Å². The summed E-state index contributed by atoms with van der Waals surface area (Å²) in [5.41, 5.74) is 1.10. The summed E-state index contributed by atoms with van der Waals surface area (Å²) in [6.45, 7) is 4.12. The van der Waals surface area contributed by atoms with Crippen molar-refractivity contribution in [2.75, 3.05) is 25.4 Å². The lowest BCUT2D eigenvalue weighted by atomic mass is 9.90. The fourth-order valence-electron chi connectivity index (χ4n) is 4.88. The molecule has 0 N–H and O–H groups in total. The first-order chi connectivity index (χ1) is 15.4. The Morgan fingerprint density at radius 1 is 1.16 bits per heavy atom. The van der Waals surface area contributed by atoms with Gasteiger partial charge in [-0.2, -0.15) is 0 Å². The summed E-state index contributed by atoms with van der Waals surface area (Å²) in [6.07, 6.45) is 5.98. The summed E-state index contributed by atoms with van der Waals surface area (Å²) in [5.74, 6) is -0.0364. The number of piperidine rings is 1. The number of fused-ring (bicyclic) bond motifs is 1. The molecule has 1 aromatic heterocycles. The third-order valence-electron chi connectivity index (χ3n) is 7.06. The zero-order chi connectivity index (χ0) is 22.4. The maximum Gasteiger partial charge on any atom is 0.304 e. The van der Waals surface area contributed by atoms with Gasteiger partial charge in [-0.05, 0) is 44.4 Å². The van der Waals surface area contributed by atoms with Crippen LogP contribution in [0.5, 0.6) is 5.75 Å². The van der Waals surface area contributed by atoms with Gasteiger partial charge in [-0.3, -0.25) is 19.3 Å². The third-order valence-corrected chi connectivity index (χ3v) is 8.78. The van der Waals surface area contributed by atoms with E-state index in [1.165, 1.54) is 19.3 Å². The first kappa shape index (κ1) is 21.8. The van der Waals surface area contributed by atoms with E-state index in [2.05, 4.69) is 4.90 Å². The van der Waals surface area contributed by atoms with E-state index in [4.69, 9.17) is 20.8 Å². The summed E-state index contributed by atoms with van der Waals surface area (Å²) in [5, 5.41) is 0.771. The van der Waals surface area contributed by atoms with E-state index in [9.17, 15) is 14.4 Å². The van der Waals surface area contributed by atoms with Crippen molar-refractivity contribution in [2.45, 2.75) is 51.2 Å². The molecule has 3 aliphatic rings. The quantitative estimate of drug-likeness (QED) is 0.494. The van der Waals surface area contributed by atoms with Crippen molar-refractivity contribution in [2.24, 2.45) is 0 Å². The minimum atomic E-state index is -1.07. The van der Waals surface area contributed by atoms with Crippen LogP contribution in [0.1, 0.15) is 48.2 Å². The lowest BCUT2D eigenvalue weighted by molar-refractivity contribution is -0.138. The molecule has 174 valence electrons. The minimum absolute atomic E-state index is 0.0757. The molecule has 2 amide bonds. The number of hydrogen-bond donors (Lipinski definition) is 0. The van der Waals surface area contributed by atoms with E-state index in [1.807, 2.05) is 0 Å². The molecular weight excluding hydrogens is 452 g/mol. The molecule has 5 rings (SSSR count). The fourth-order valence-corrected chi connectivity index (χ4v) is 6.29. The third kappa shape index (κ3) is 3.93. The first-order valence-electron chi connectivity index (χ1n) is 11.4. The maximum absolute atomic E-state index is 13.0. The fraction of sp³-hybridized carbons (Fsp3) is 0.522. The Kier molecular flexibility index (Phi) is 5.94. The highest BCUT2D eigenvalue weighted by atomic mass is 35.5. The molecule has 0 atom stereocenters. The van der Waals surface area contributed by atoms with Crippen molar-refractivity contribution in [3.63, 3.8) is 0 Å². The Morgan fingerprint density at radius 3 is 2.59 bits per heavy atom. The molecule has 3 fully saturated rings. The summed E-state index contributed by atoms with van der Waals surface area (Å²) >= 11 is 5.45. The Hall–Kier alpha value is -2.03. The van der Waals surface area contributed by atoms with E-state index in [0.717, 1.165) is 36.9 Å². The van der Waals surface area contributed by atoms with Gasteiger partial charge in [-0.25, -0.2) is 11.8 Å². The molecule has 1 saturated carbocycles. The molecule has 3 heterocycles. The number of imide groups is 1. The number of carbonyl (C=O) groups excluding carboxylic acids is 3. The van der Waals surface area contributed by atoms with Gasteiger partial charge in [0.25, 0.3) is 5.91 Å². The first-order valence-corrected chi connectivity index (χ1v) is 13.5. The van der Waals surface area contributed by atoms with Crippen molar-refractivity contribution in [3.8, 4) is 5.75 Å². The normalized spacial score (nSPS) is 21.5. The average Bonchev–Trinajstić information content (AvgIpc) is 3.05. The van der Waals surface area contributed by atoms with Gasteiger partial charge in [0.15, 0.2) is 5.76 Å². The average molecular weight is 481 g/mol. The molecule has 0 bridgehead atoms. The highest BCUT2D eigenvalue weighted by Gasteiger charge is 2.34. The van der Waals surface area contributed by atoms with Gasteiger partial charge in [0.2, 0.25) is 5.12 Å². The number of halogens is 1. The van der Waals surface area contributed by atoms with Gasteiger partial charge >= 0.3 is 5.91 Å². The molecule has 0 radical (unpaired) electrons. The van der Waals surface area contributed by atoms with Crippen LogP contribution < -0.4 is 4.74 Å². The van der Waals surface area contributed by atoms with Gasteiger partial charge < -0.3 is 14.1 Å². The lowest BCUT2D eigenvalue weighted by Crippen LogP contribution is -2.46. The van der Waals surface area contributed by atoms with Crippen molar-refractivity contribution in [1.82, 2.24) is 9.80 Å². The lowest BCUT2D eigenvalue weighted by Gasteiger charge is -2.41. The molecule has 1 aliphatic carbocycles. The summed E-state index contributed by atoms with van der Waals surface area (Å²) in [6, 6.07) is 4.24. The number of rotatable bonds is 4. The molecule has 2 aliphatic heterocycles. The standard InChI is InChI=1S/C23H29ClN2O5S/c1-13-16-11-17(24)19(30-15-5-7-25(8-6-15)14-3-2-4-14)12-18(16)31-20(13)21(27)26-9-10-32-23(29)22(26)28/h11-12,14-15H,2-10H2,1H3,32H4. The van der Waals surface area contributed by atoms with Crippen molar-refractivity contribution in [3.05, 3.63) is 28.5 Å². The van der Waals surface area contributed by atoms with Gasteiger partial charge in [-0.1, -0.05) is 18.0 Å². The van der Waals surface area contributed by atoms with E-state index >= 15 is 0 Å². The number of ether oxygens (including phenoxy) is 1. The second-order valence-electron chi connectivity index (χ2n) is 9.06. The second-order valence-corrected chi connectivity index (χ2v) is 11.3. The number of amides is 2. The predicted octanol–water partition coefficient (Wildman–Crippen LogP) is 2.96. The molecule has 7 nitrogen and oxygen atoms in total. The number of likely N-dealkylation sites (tertiary alicyclic amines) is 1. The minimum Gasteiger partial charge on any atom is -0.489 e. The van der Waals surface area contributed by atoms with Crippen LogP contribution in [-0.4, -0.2) is 64.3 Å². The smallest absolute Gasteiger partial charge is 0.304 e. The maximum atomic E-state index is 13.0. The van der Waals surface area contributed by atoms with Crippen LogP contribution in [-0.2, 0) is 9.59 Å². The topological polar surface area (TPSA) is 80.1 Å². The number of benzene rings is 1. The van der Waals surface area contributed by atoms with Gasteiger partial charge in [0.05, 0.1) is 5.02 Å². The van der Waals surface area contributed by atoms with Crippen molar-refractivity contribution in [1.29, 1.82) is 0 Å². The van der Waals surface area contributed by atoms with Crippen LogP contribution in [0.3, 0.4) is 0 Å².